The Morgan fingerprint density at radius 3 is 2.00 bits per heavy atom. The molecule has 2 rings (SSSR count). The van der Waals surface area contributed by atoms with Crippen LogP contribution < -0.4 is 9.47 Å². The van der Waals surface area contributed by atoms with Crippen molar-refractivity contribution in [2.24, 2.45) is 0 Å². The first kappa shape index (κ1) is 19.7. The van der Waals surface area contributed by atoms with Crippen molar-refractivity contribution >= 4 is 12.0 Å². The monoisotopic (exact) mass is 360 g/mol. The molecule has 0 bridgehead atoms. The number of ether oxygens (including phenoxy) is 2. The van der Waals surface area contributed by atoms with Gasteiger partial charge in [0.25, 0.3) is 0 Å². The molecule has 0 saturated heterocycles. The van der Waals surface area contributed by atoms with Crippen LogP contribution in [0.1, 0.15) is 34.2 Å². The SMILES string of the molecule is COc1c(C)c(C)c(OC)c(CCCOSc2ccc(C)cc2)c1C. The molecule has 0 unspecified atom stereocenters. The summed E-state index contributed by atoms with van der Waals surface area (Å²) in [5.41, 5.74) is 5.93. The smallest absolute Gasteiger partial charge is 0.125 e. The molecule has 25 heavy (non-hydrogen) atoms. The topological polar surface area (TPSA) is 27.7 Å². The summed E-state index contributed by atoms with van der Waals surface area (Å²) in [4.78, 5) is 1.13. The van der Waals surface area contributed by atoms with Crippen LogP contribution in [0.15, 0.2) is 29.2 Å². The Morgan fingerprint density at radius 1 is 0.800 bits per heavy atom. The molecule has 0 radical (unpaired) electrons. The first-order valence-corrected chi connectivity index (χ1v) is 9.30. The largest absolute Gasteiger partial charge is 0.496 e. The Labute approximate surface area is 155 Å². The van der Waals surface area contributed by atoms with E-state index in [1.807, 2.05) is 0 Å². The second kappa shape index (κ2) is 9.16. The lowest BCUT2D eigenvalue weighted by Gasteiger charge is -2.20. The summed E-state index contributed by atoms with van der Waals surface area (Å²) < 4.78 is 17.0. The van der Waals surface area contributed by atoms with E-state index in [1.54, 1.807) is 14.2 Å². The summed E-state index contributed by atoms with van der Waals surface area (Å²) in [5.74, 6) is 1.94. The van der Waals surface area contributed by atoms with Gasteiger partial charge < -0.3 is 13.7 Å². The average Bonchev–Trinajstić information content (AvgIpc) is 2.61. The molecular weight excluding hydrogens is 332 g/mol. The van der Waals surface area contributed by atoms with E-state index >= 15 is 0 Å². The van der Waals surface area contributed by atoms with Crippen LogP contribution in [0.25, 0.3) is 0 Å². The minimum Gasteiger partial charge on any atom is -0.496 e. The molecule has 0 heterocycles. The zero-order chi connectivity index (χ0) is 18.4. The van der Waals surface area contributed by atoms with Gasteiger partial charge in [-0.3, -0.25) is 0 Å². The minimum absolute atomic E-state index is 0.691. The van der Waals surface area contributed by atoms with Crippen molar-refractivity contribution in [1.29, 1.82) is 0 Å². The highest BCUT2D eigenvalue weighted by Crippen LogP contribution is 2.38. The maximum Gasteiger partial charge on any atom is 0.125 e. The third-order valence-electron chi connectivity index (χ3n) is 4.55. The molecule has 2 aromatic rings. The van der Waals surface area contributed by atoms with Crippen LogP contribution in [-0.2, 0) is 10.6 Å². The van der Waals surface area contributed by atoms with Crippen molar-refractivity contribution < 1.29 is 13.7 Å². The van der Waals surface area contributed by atoms with Crippen molar-refractivity contribution in [3.63, 3.8) is 0 Å². The lowest BCUT2D eigenvalue weighted by atomic mass is 9.94. The molecule has 0 N–H and O–H groups in total. The van der Waals surface area contributed by atoms with Gasteiger partial charge in [-0.05, 0) is 69.4 Å². The molecule has 0 spiro atoms. The lowest BCUT2D eigenvalue weighted by molar-refractivity contribution is 0.359. The zero-order valence-corrected chi connectivity index (χ0v) is 16.9. The predicted octanol–water partition coefficient (Wildman–Crippen LogP) is 5.59. The van der Waals surface area contributed by atoms with Crippen LogP contribution in [0.2, 0.25) is 0 Å². The standard InChI is InChI=1S/C21H28O3S/c1-14-9-11-18(12-10-14)25-24-13-7-8-19-17(4)20(22-5)15(2)16(3)21(19)23-6/h9-12H,7-8,13H2,1-6H3. The lowest BCUT2D eigenvalue weighted by Crippen LogP contribution is -2.05. The average molecular weight is 361 g/mol. The first-order chi connectivity index (χ1) is 12.0. The molecule has 0 aliphatic carbocycles. The third-order valence-corrected chi connectivity index (χ3v) is 5.30. The highest BCUT2D eigenvalue weighted by Gasteiger charge is 2.18. The highest BCUT2D eigenvalue weighted by atomic mass is 32.2. The fourth-order valence-electron chi connectivity index (χ4n) is 3.05. The van der Waals surface area contributed by atoms with Gasteiger partial charge in [-0.1, -0.05) is 17.7 Å². The van der Waals surface area contributed by atoms with Gasteiger partial charge in [0.2, 0.25) is 0 Å². The van der Waals surface area contributed by atoms with Gasteiger partial charge in [-0.25, -0.2) is 0 Å². The van der Waals surface area contributed by atoms with E-state index in [-0.39, 0.29) is 0 Å². The van der Waals surface area contributed by atoms with Crippen LogP contribution in [0.4, 0.5) is 0 Å². The van der Waals surface area contributed by atoms with Crippen LogP contribution in [0.5, 0.6) is 11.5 Å². The fourth-order valence-corrected chi connectivity index (χ4v) is 3.63. The first-order valence-electron chi connectivity index (χ1n) is 8.56. The Kier molecular flexibility index (Phi) is 7.21. The molecule has 2 aromatic carbocycles. The van der Waals surface area contributed by atoms with E-state index in [0.29, 0.717) is 6.61 Å². The van der Waals surface area contributed by atoms with Crippen molar-refractivity contribution in [1.82, 2.24) is 0 Å². The van der Waals surface area contributed by atoms with Gasteiger partial charge in [0.15, 0.2) is 0 Å². The number of hydrogen-bond donors (Lipinski definition) is 0. The molecule has 0 aliphatic rings. The molecule has 0 atom stereocenters. The second-order valence-electron chi connectivity index (χ2n) is 6.24. The number of aryl methyl sites for hydroxylation is 1. The van der Waals surface area contributed by atoms with E-state index in [0.717, 1.165) is 45.9 Å². The summed E-state index contributed by atoms with van der Waals surface area (Å²) in [5, 5.41) is 0. The van der Waals surface area contributed by atoms with E-state index in [1.165, 1.54) is 23.2 Å². The maximum absolute atomic E-state index is 5.75. The summed E-state index contributed by atoms with van der Waals surface area (Å²) in [7, 11) is 3.47. The molecular formula is C21H28O3S. The summed E-state index contributed by atoms with van der Waals surface area (Å²) in [6, 6.07) is 8.37. The second-order valence-corrected chi connectivity index (χ2v) is 7.12. The quantitative estimate of drug-likeness (QED) is 0.453. The number of methoxy groups -OCH3 is 2. The maximum atomic E-state index is 5.75. The van der Waals surface area contributed by atoms with Gasteiger partial charge in [0, 0.05) is 22.5 Å². The molecule has 0 saturated carbocycles. The summed E-state index contributed by atoms with van der Waals surface area (Å²) in [6.45, 7) is 9.04. The molecule has 136 valence electrons. The number of rotatable bonds is 8. The van der Waals surface area contributed by atoms with Crippen LogP contribution >= 0.6 is 12.0 Å². The predicted molar refractivity (Wildman–Crippen MR) is 105 cm³/mol. The van der Waals surface area contributed by atoms with Gasteiger partial charge in [0.05, 0.1) is 20.8 Å². The molecule has 0 fully saturated rings. The van der Waals surface area contributed by atoms with E-state index < -0.39 is 0 Å². The Hall–Kier alpha value is -1.65. The van der Waals surface area contributed by atoms with E-state index in [2.05, 4.69) is 52.0 Å². The normalized spacial score (nSPS) is 10.8. The molecule has 0 aromatic heterocycles. The van der Waals surface area contributed by atoms with Gasteiger partial charge >= 0.3 is 0 Å². The van der Waals surface area contributed by atoms with Crippen molar-refractivity contribution in [2.75, 3.05) is 20.8 Å². The fraction of sp³-hybridized carbons (Fsp3) is 0.429. The van der Waals surface area contributed by atoms with Crippen molar-refractivity contribution in [3.05, 3.63) is 52.1 Å². The van der Waals surface area contributed by atoms with Gasteiger partial charge in [0.1, 0.15) is 11.5 Å². The van der Waals surface area contributed by atoms with E-state index in [4.69, 9.17) is 13.7 Å². The number of benzene rings is 2. The van der Waals surface area contributed by atoms with Gasteiger partial charge in [-0.15, -0.1) is 0 Å². The van der Waals surface area contributed by atoms with E-state index in [9.17, 15) is 0 Å². The Morgan fingerprint density at radius 2 is 1.40 bits per heavy atom. The molecule has 3 nitrogen and oxygen atoms in total. The molecule has 0 amide bonds. The minimum atomic E-state index is 0.691. The highest BCUT2D eigenvalue weighted by molar-refractivity contribution is 7.94. The van der Waals surface area contributed by atoms with Crippen molar-refractivity contribution in [3.8, 4) is 11.5 Å². The van der Waals surface area contributed by atoms with Crippen LogP contribution in [0.3, 0.4) is 0 Å². The van der Waals surface area contributed by atoms with Crippen LogP contribution in [-0.4, -0.2) is 20.8 Å². The Balaban J connectivity index is 1.98. The summed E-state index contributed by atoms with van der Waals surface area (Å²) in [6.07, 6.45) is 1.84. The Bertz CT molecular complexity index is 708. The molecule has 4 heteroatoms. The van der Waals surface area contributed by atoms with Crippen LogP contribution in [0, 0.1) is 27.7 Å². The van der Waals surface area contributed by atoms with Crippen molar-refractivity contribution in [2.45, 2.75) is 45.4 Å². The van der Waals surface area contributed by atoms with Gasteiger partial charge in [-0.2, -0.15) is 0 Å². The number of hydrogen-bond acceptors (Lipinski definition) is 4. The zero-order valence-electron chi connectivity index (χ0n) is 16.1. The molecule has 0 aliphatic heterocycles. The third kappa shape index (κ3) is 4.71. The summed E-state index contributed by atoms with van der Waals surface area (Å²) >= 11 is 1.44.